The summed E-state index contributed by atoms with van der Waals surface area (Å²) in [6.45, 7) is 1.80. The van der Waals surface area contributed by atoms with Gasteiger partial charge >= 0.3 is 5.97 Å². The normalized spacial score (nSPS) is 10.6. The Hall–Kier alpha value is -2.28. The molecule has 0 fully saturated rings. The van der Waals surface area contributed by atoms with Gasteiger partial charge < -0.3 is 4.74 Å². The predicted octanol–water partition coefficient (Wildman–Crippen LogP) is 4.87. The van der Waals surface area contributed by atoms with E-state index in [-0.39, 0.29) is 12.3 Å². The molecule has 1 aromatic heterocycles. The lowest BCUT2D eigenvalue weighted by Gasteiger charge is -2.11. The van der Waals surface area contributed by atoms with Crippen LogP contribution in [0.4, 0.5) is 0 Å². The highest BCUT2D eigenvalue weighted by Crippen LogP contribution is 2.28. The quantitative estimate of drug-likeness (QED) is 0.551. The van der Waals surface area contributed by atoms with Crippen molar-refractivity contribution < 1.29 is 9.53 Å². The molecule has 0 radical (unpaired) electrons. The fourth-order valence-electron chi connectivity index (χ4n) is 2.26. The SMILES string of the molecule is CCOC(=O)c1nn(-c2ccccc2Cl)cc(Sc2ccc(Cl)cc2)c1=O. The topological polar surface area (TPSA) is 61.2 Å². The molecule has 0 aliphatic heterocycles. The fourth-order valence-corrected chi connectivity index (χ4v) is 3.48. The molecular formula is C19H14Cl2N2O3S. The molecule has 27 heavy (non-hydrogen) atoms. The number of carbonyl (C=O) groups is 1. The number of halogens is 2. The van der Waals surface area contributed by atoms with Crippen molar-refractivity contribution in [1.82, 2.24) is 9.78 Å². The Balaban J connectivity index is 2.13. The van der Waals surface area contributed by atoms with Crippen molar-refractivity contribution in [3.8, 4) is 5.69 Å². The maximum atomic E-state index is 12.8. The van der Waals surface area contributed by atoms with E-state index in [9.17, 15) is 9.59 Å². The van der Waals surface area contributed by atoms with Crippen LogP contribution in [0.1, 0.15) is 17.4 Å². The number of ether oxygens (including phenoxy) is 1. The van der Waals surface area contributed by atoms with E-state index in [1.54, 1.807) is 61.7 Å². The van der Waals surface area contributed by atoms with Crippen LogP contribution in [0.15, 0.2) is 69.3 Å². The lowest BCUT2D eigenvalue weighted by Crippen LogP contribution is -2.24. The van der Waals surface area contributed by atoms with Gasteiger partial charge in [-0.2, -0.15) is 5.10 Å². The summed E-state index contributed by atoms with van der Waals surface area (Å²) in [4.78, 5) is 26.1. The van der Waals surface area contributed by atoms with Gasteiger partial charge in [-0.3, -0.25) is 4.79 Å². The Bertz CT molecular complexity index is 1040. The van der Waals surface area contributed by atoms with Crippen LogP contribution in [0.2, 0.25) is 10.0 Å². The van der Waals surface area contributed by atoms with Crippen molar-refractivity contribution in [2.75, 3.05) is 6.61 Å². The van der Waals surface area contributed by atoms with Gasteiger partial charge in [-0.15, -0.1) is 0 Å². The molecule has 0 unspecified atom stereocenters. The third kappa shape index (κ3) is 4.53. The van der Waals surface area contributed by atoms with E-state index < -0.39 is 11.4 Å². The smallest absolute Gasteiger partial charge is 0.362 e. The Labute approximate surface area is 169 Å². The molecule has 0 saturated carbocycles. The van der Waals surface area contributed by atoms with Gasteiger partial charge in [0.25, 0.3) is 0 Å². The minimum atomic E-state index is -0.776. The Morgan fingerprint density at radius 2 is 1.85 bits per heavy atom. The van der Waals surface area contributed by atoms with Crippen LogP contribution < -0.4 is 5.43 Å². The largest absolute Gasteiger partial charge is 0.461 e. The number of para-hydroxylation sites is 1. The van der Waals surface area contributed by atoms with Gasteiger partial charge in [0.15, 0.2) is 0 Å². The van der Waals surface area contributed by atoms with Gasteiger partial charge in [0.1, 0.15) is 0 Å². The van der Waals surface area contributed by atoms with E-state index >= 15 is 0 Å². The highest BCUT2D eigenvalue weighted by atomic mass is 35.5. The molecule has 0 saturated heterocycles. The molecule has 138 valence electrons. The lowest BCUT2D eigenvalue weighted by atomic mass is 10.3. The van der Waals surface area contributed by atoms with E-state index in [0.29, 0.717) is 20.6 Å². The first-order chi connectivity index (χ1) is 13.0. The Morgan fingerprint density at radius 1 is 1.15 bits per heavy atom. The third-order valence-electron chi connectivity index (χ3n) is 3.50. The van der Waals surface area contributed by atoms with Crippen LogP contribution in [0.5, 0.6) is 0 Å². The molecule has 0 atom stereocenters. The van der Waals surface area contributed by atoms with Gasteiger partial charge in [0, 0.05) is 16.1 Å². The number of hydrogen-bond donors (Lipinski definition) is 0. The Kier molecular flexibility index (Phi) is 6.21. The van der Waals surface area contributed by atoms with Crippen LogP contribution in [0, 0.1) is 0 Å². The van der Waals surface area contributed by atoms with Gasteiger partial charge in [-0.05, 0) is 43.3 Å². The lowest BCUT2D eigenvalue weighted by molar-refractivity contribution is 0.0515. The zero-order valence-corrected chi connectivity index (χ0v) is 16.5. The average Bonchev–Trinajstić information content (AvgIpc) is 2.66. The second kappa shape index (κ2) is 8.61. The minimum Gasteiger partial charge on any atom is -0.461 e. The molecule has 8 heteroatoms. The molecule has 3 aromatic rings. The molecule has 0 amide bonds. The van der Waals surface area contributed by atoms with Crippen LogP contribution >= 0.6 is 35.0 Å². The molecule has 0 bridgehead atoms. The van der Waals surface area contributed by atoms with Gasteiger partial charge in [0.05, 0.1) is 22.2 Å². The van der Waals surface area contributed by atoms with Crippen LogP contribution in [0.3, 0.4) is 0 Å². The zero-order chi connectivity index (χ0) is 19.4. The van der Waals surface area contributed by atoms with Crippen molar-refractivity contribution in [2.24, 2.45) is 0 Å². The van der Waals surface area contributed by atoms with Crippen molar-refractivity contribution in [3.63, 3.8) is 0 Å². The summed E-state index contributed by atoms with van der Waals surface area (Å²) in [5.41, 5.74) is -0.255. The standard InChI is InChI=1S/C19H14Cl2N2O3S/c1-2-26-19(25)17-18(24)16(27-13-9-7-12(20)8-10-13)11-23(22-17)15-6-4-3-5-14(15)21/h3-11H,2H2,1H3. The van der Waals surface area contributed by atoms with Crippen molar-refractivity contribution in [2.45, 2.75) is 16.7 Å². The summed E-state index contributed by atoms with van der Waals surface area (Å²) in [5.74, 6) is -0.776. The maximum absolute atomic E-state index is 12.8. The highest BCUT2D eigenvalue weighted by molar-refractivity contribution is 7.99. The van der Waals surface area contributed by atoms with Gasteiger partial charge in [-0.1, -0.05) is 47.1 Å². The first-order valence-electron chi connectivity index (χ1n) is 7.99. The highest BCUT2D eigenvalue weighted by Gasteiger charge is 2.20. The molecule has 0 aliphatic carbocycles. The van der Waals surface area contributed by atoms with Crippen molar-refractivity contribution in [1.29, 1.82) is 0 Å². The third-order valence-corrected chi connectivity index (χ3v) is 5.09. The molecule has 2 aromatic carbocycles. The second-order valence-corrected chi connectivity index (χ2v) is 7.30. The van der Waals surface area contributed by atoms with E-state index in [4.69, 9.17) is 27.9 Å². The van der Waals surface area contributed by atoms with Crippen molar-refractivity contribution >= 4 is 40.9 Å². The Morgan fingerprint density at radius 3 is 2.52 bits per heavy atom. The van der Waals surface area contributed by atoms with Gasteiger partial charge in [-0.25, -0.2) is 9.48 Å². The summed E-state index contributed by atoms with van der Waals surface area (Å²) in [6, 6.07) is 14.0. The number of hydrogen-bond acceptors (Lipinski definition) is 5. The van der Waals surface area contributed by atoms with Crippen LogP contribution in [-0.2, 0) is 4.74 Å². The molecule has 5 nitrogen and oxygen atoms in total. The van der Waals surface area contributed by atoms with E-state index in [1.165, 1.54) is 16.4 Å². The second-order valence-electron chi connectivity index (χ2n) is 5.34. The molecule has 1 heterocycles. The first-order valence-corrected chi connectivity index (χ1v) is 9.56. The number of carbonyl (C=O) groups excluding carboxylic acids is 1. The maximum Gasteiger partial charge on any atom is 0.362 e. The molecule has 3 rings (SSSR count). The summed E-state index contributed by atoms with van der Waals surface area (Å²) < 4.78 is 6.39. The number of benzene rings is 2. The first kappa shape index (κ1) is 19.5. The van der Waals surface area contributed by atoms with E-state index in [2.05, 4.69) is 5.10 Å². The minimum absolute atomic E-state index is 0.139. The number of rotatable bonds is 5. The zero-order valence-electron chi connectivity index (χ0n) is 14.2. The molecule has 0 aliphatic rings. The van der Waals surface area contributed by atoms with E-state index in [0.717, 1.165) is 4.90 Å². The molecule has 0 spiro atoms. The van der Waals surface area contributed by atoms with Crippen molar-refractivity contribution in [3.05, 3.63) is 80.7 Å². The molecule has 0 N–H and O–H groups in total. The monoisotopic (exact) mass is 420 g/mol. The van der Waals surface area contributed by atoms with Gasteiger partial charge in [0.2, 0.25) is 11.1 Å². The molecular weight excluding hydrogens is 407 g/mol. The number of aromatic nitrogens is 2. The summed E-state index contributed by atoms with van der Waals surface area (Å²) in [7, 11) is 0. The van der Waals surface area contributed by atoms with Crippen LogP contribution in [0.25, 0.3) is 5.69 Å². The van der Waals surface area contributed by atoms with E-state index in [1.807, 2.05) is 0 Å². The summed E-state index contributed by atoms with van der Waals surface area (Å²) in [6.07, 6.45) is 1.55. The number of esters is 1. The summed E-state index contributed by atoms with van der Waals surface area (Å²) in [5, 5.41) is 5.18. The number of nitrogens with zero attached hydrogens (tertiary/aromatic N) is 2. The van der Waals surface area contributed by atoms with Crippen LogP contribution in [-0.4, -0.2) is 22.4 Å². The predicted molar refractivity (Wildman–Crippen MR) is 106 cm³/mol. The average molecular weight is 421 g/mol. The fraction of sp³-hybridized carbons (Fsp3) is 0.105. The summed E-state index contributed by atoms with van der Waals surface area (Å²) >= 11 is 13.4.